The van der Waals surface area contributed by atoms with E-state index in [1.54, 1.807) is 0 Å². The highest BCUT2D eigenvalue weighted by atomic mass is 19.1. The standard InChI is InChI=1S/C21H20F2N4O2/c22-16-6-7-18(17(23)12-16)24-19(28)13-27-10-8-15(9-11-27)21-25-20(26-29-21)14-4-2-1-3-5-14/h1-7,12,15H,8-11,13H2,(H,24,28). The molecule has 1 aliphatic rings. The highest BCUT2D eigenvalue weighted by Crippen LogP contribution is 2.28. The van der Waals surface area contributed by atoms with E-state index in [9.17, 15) is 13.6 Å². The third-order valence-corrected chi connectivity index (χ3v) is 4.98. The van der Waals surface area contributed by atoms with Gasteiger partial charge in [-0.05, 0) is 38.1 Å². The van der Waals surface area contributed by atoms with Crippen molar-refractivity contribution in [2.45, 2.75) is 18.8 Å². The van der Waals surface area contributed by atoms with Gasteiger partial charge in [-0.1, -0.05) is 35.5 Å². The molecule has 8 heteroatoms. The molecule has 1 fully saturated rings. The summed E-state index contributed by atoms with van der Waals surface area (Å²) >= 11 is 0. The third-order valence-electron chi connectivity index (χ3n) is 4.98. The number of anilines is 1. The molecule has 0 aliphatic carbocycles. The van der Waals surface area contributed by atoms with Crippen molar-refractivity contribution in [3.63, 3.8) is 0 Å². The molecule has 29 heavy (non-hydrogen) atoms. The predicted octanol–water partition coefficient (Wildman–Crippen LogP) is 3.83. The number of rotatable bonds is 5. The number of nitrogens with zero attached hydrogens (tertiary/aromatic N) is 3. The molecule has 1 aliphatic heterocycles. The Morgan fingerprint density at radius 1 is 1.14 bits per heavy atom. The van der Waals surface area contributed by atoms with Crippen LogP contribution in [0.25, 0.3) is 11.4 Å². The zero-order valence-electron chi connectivity index (χ0n) is 15.6. The van der Waals surface area contributed by atoms with E-state index in [4.69, 9.17) is 4.52 Å². The van der Waals surface area contributed by atoms with Gasteiger partial charge in [0.2, 0.25) is 17.6 Å². The number of aromatic nitrogens is 2. The molecule has 0 unspecified atom stereocenters. The highest BCUT2D eigenvalue weighted by Gasteiger charge is 2.26. The van der Waals surface area contributed by atoms with Gasteiger partial charge < -0.3 is 9.84 Å². The first-order valence-corrected chi connectivity index (χ1v) is 9.45. The predicted molar refractivity (Wildman–Crippen MR) is 103 cm³/mol. The van der Waals surface area contributed by atoms with Crippen LogP contribution in [-0.2, 0) is 4.79 Å². The molecular weight excluding hydrogens is 378 g/mol. The molecule has 1 N–H and O–H groups in total. The molecule has 0 saturated carbocycles. The van der Waals surface area contributed by atoms with Gasteiger partial charge in [-0.3, -0.25) is 9.69 Å². The van der Waals surface area contributed by atoms with Crippen LogP contribution >= 0.6 is 0 Å². The molecule has 1 amide bonds. The van der Waals surface area contributed by atoms with Crippen LogP contribution in [0.4, 0.5) is 14.5 Å². The van der Waals surface area contributed by atoms with Crippen LogP contribution in [0, 0.1) is 11.6 Å². The van der Waals surface area contributed by atoms with E-state index in [-0.39, 0.29) is 24.1 Å². The van der Waals surface area contributed by atoms with E-state index >= 15 is 0 Å². The van der Waals surface area contributed by atoms with E-state index in [1.165, 1.54) is 6.07 Å². The van der Waals surface area contributed by atoms with Gasteiger partial charge >= 0.3 is 0 Å². The van der Waals surface area contributed by atoms with Crippen LogP contribution in [0.15, 0.2) is 53.1 Å². The lowest BCUT2D eigenvalue weighted by Gasteiger charge is -2.29. The van der Waals surface area contributed by atoms with Crippen LogP contribution in [0.2, 0.25) is 0 Å². The number of nitrogens with one attached hydrogen (secondary N) is 1. The van der Waals surface area contributed by atoms with Crippen molar-refractivity contribution in [2.75, 3.05) is 25.0 Å². The van der Waals surface area contributed by atoms with Crippen molar-refractivity contribution < 1.29 is 18.1 Å². The van der Waals surface area contributed by atoms with Gasteiger partial charge in [0.15, 0.2) is 0 Å². The largest absolute Gasteiger partial charge is 0.339 e. The zero-order chi connectivity index (χ0) is 20.2. The second kappa shape index (κ2) is 8.48. The maximum absolute atomic E-state index is 13.7. The quantitative estimate of drug-likeness (QED) is 0.707. The summed E-state index contributed by atoms with van der Waals surface area (Å²) < 4.78 is 32.1. The Morgan fingerprint density at radius 3 is 2.62 bits per heavy atom. The molecule has 2 aromatic carbocycles. The molecule has 1 aromatic heterocycles. The molecule has 1 saturated heterocycles. The van der Waals surface area contributed by atoms with Crippen molar-refractivity contribution in [1.82, 2.24) is 15.0 Å². The molecule has 0 radical (unpaired) electrons. The Kier molecular flexibility index (Phi) is 5.62. The first-order valence-electron chi connectivity index (χ1n) is 9.45. The summed E-state index contributed by atoms with van der Waals surface area (Å²) in [6.07, 6.45) is 1.57. The van der Waals surface area contributed by atoms with Gasteiger partial charge in [0, 0.05) is 17.5 Å². The molecule has 3 aromatic rings. The van der Waals surface area contributed by atoms with Crippen LogP contribution in [0.1, 0.15) is 24.7 Å². The van der Waals surface area contributed by atoms with Crippen LogP contribution in [-0.4, -0.2) is 40.6 Å². The normalized spacial score (nSPS) is 15.4. The molecule has 0 atom stereocenters. The van der Waals surface area contributed by atoms with Gasteiger partial charge in [-0.25, -0.2) is 8.78 Å². The first kappa shape index (κ1) is 19.2. The molecule has 6 nitrogen and oxygen atoms in total. The van der Waals surface area contributed by atoms with Gasteiger partial charge in [0.25, 0.3) is 0 Å². The van der Waals surface area contributed by atoms with Gasteiger partial charge in [0.1, 0.15) is 11.6 Å². The smallest absolute Gasteiger partial charge is 0.238 e. The first-order chi connectivity index (χ1) is 14.1. The fourth-order valence-electron chi connectivity index (χ4n) is 3.43. The Balaban J connectivity index is 1.29. The maximum Gasteiger partial charge on any atom is 0.238 e. The summed E-state index contributed by atoms with van der Waals surface area (Å²) in [5.41, 5.74) is 0.884. The second-order valence-electron chi connectivity index (χ2n) is 7.05. The average Bonchev–Trinajstić information content (AvgIpc) is 3.22. The van der Waals surface area contributed by atoms with Crippen LogP contribution in [0.3, 0.4) is 0 Å². The van der Waals surface area contributed by atoms with Gasteiger partial charge in [-0.2, -0.15) is 4.98 Å². The topological polar surface area (TPSA) is 71.3 Å². The molecule has 0 bridgehead atoms. The summed E-state index contributed by atoms with van der Waals surface area (Å²) in [5.74, 6) is -0.473. The maximum atomic E-state index is 13.7. The number of halogens is 2. The third kappa shape index (κ3) is 4.65. The lowest BCUT2D eigenvalue weighted by atomic mass is 9.97. The number of benzene rings is 2. The van der Waals surface area contributed by atoms with Crippen LogP contribution < -0.4 is 5.32 Å². The Labute approximate surface area is 166 Å². The summed E-state index contributed by atoms with van der Waals surface area (Å²) in [4.78, 5) is 18.7. The minimum Gasteiger partial charge on any atom is -0.339 e. The lowest BCUT2D eigenvalue weighted by molar-refractivity contribution is -0.117. The van der Waals surface area contributed by atoms with E-state index in [1.807, 2.05) is 35.2 Å². The lowest BCUT2D eigenvalue weighted by Crippen LogP contribution is -2.38. The van der Waals surface area contributed by atoms with E-state index in [0.29, 0.717) is 24.8 Å². The Hall–Kier alpha value is -3.13. The van der Waals surface area contributed by atoms with Crippen molar-refractivity contribution in [2.24, 2.45) is 0 Å². The van der Waals surface area contributed by atoms with Crippen molar-refractivity contribution >= 4 is 11.6 Å². The number of hydrogen-bond acceptors (Lipinski definition) is 5. The van der Waals surface area contributed by atoms with Gasteiger partial charge in [-0.15, -0.1) is 0 Å². The number of piperidine rings is 1. The highest BCUT2D eigenvalue weighted by molar-refractivity contribution is 5.92. The van der Waals surface area contributed by atoms with Crippen LogP contribution in [0.5, 0.6) is 0 Å². The fourth-order valence-corrected chi connectivity index (χ4v) is 3.43. The van der Waals surface area contributed by atoms with Crippen molar-refractivity contribution in [3.05, 3.63) is 66.1 Å². The van der Waals surface area contributed by atoms with Crippen molar-refractivity contribution in [1.29, 1.82) is 0 Å². The molecular formula is C21H20F2N4O2. The van der Waals surface area contributed by atoms with Crippen molar-refractivity contribution in [3.8, 4) is 11.4 Å². The zero-order valence-corrected chi connectivity index (χ0v) is 15.6. The Morgan fingerprint density at radius 2 is 1.90 bits per heavy atom. The molecule has 0 spiro atoms. The summed E-state index contributed by atoms with van der Waals surface area (Å²) in [7, 11) is 0. The number of carbonyl (C=O) groups excluding carboxylic acids is 1. The Bertz CT molecular complexity index is 985. The fraction of sp³-hybridized carbons (Fsp3) is 0.286. The van der Waals surface area contributed by atoms with Gasteiger partial charge in [0.05, 0.1) is 12.2 Å². The average molecular weight is 398 g/mol. The second-order valence-corrected chi connectivity index (χ2v) is 7.05. The SMILES string of the molecule is O=C(CN1CCC(c2nc(-c3ccccc3)no2)CC1)Nc1ccc(F)cc1F. The number of amides is 1. The number of carbonyl (C=O) groups is 1. The minimum absolute atomic E-state index is 0.0226. The summed E-state index contributed by atoms with van der Waals surface area (Å²) in [5, 5.41) is 6.55. The van der Waals surface area contributed by atoms with E-state index in [2.05, 4.69) is 15.5 Å². The van der Waals surface area contributed by atoms with E-state index < -0.39 is 11.6 Å². The molecule has 4 rings (SSSR count). The number of hydrogen-bond donors (Lipinski definition) is 1. The molecule has 150 valence electrons. The summed E-state index contributed by atoms with van der Waals surface area (Å²) in [6, 6.07) is 12.7. The monoisotopic (exact) mass is 398 g/mol. The van der Waals surface area contributed by atoms with E-state index in [0.717, 1.165) is 30.5 Å². The minimum atomic E-state index is -0.789. The molecule has 2 heterocycles. The number of likely N-dealkylation sites (tertiary alicyclic amines) is 1. The summed E-state index contributed by atoms with van der Waals surface area (Å²) in [6.45, 7) is 1.52.